The maximum absolute atomic E-state index is 13.0. The number of hydrogen-bond donors (Lipinski definition) is 1. The zero-order valence-corrected chi connectivity index (χ0v) is 16.5. The lowest BCUT2D eigenvalue weighted by atomic mass is 10.1. The second kappa shape index (κ2) is 7.92. The van der Waals surface area contributed by atoms with Gasteiger partial charge >= 0.3 is 6.18 Å². The minimum Gasteiger partial charge on any atom is -0.494 e. The Morgan fingerprint density at radius 2 is 1.65 bits per heavy atom. The quantitative estimate of drug-likeness (QED) is 0.389. The van der Waals surface area contributed by atoms with Gasteiger partial charge in [-0.2, -0.15) is 13.2 Å². The van der Waals surface area contributed by atoms with Gasteiger partial charge in [0.1, 0.15) is 0 Å². The molecule has 31 heavy (non-hydrogen) atoms. The summed E-state index contributed by atoms with van der Waals surface area (Å²) in [6.45, 7) is 0. The molecule has 1 aromatic heterocycles. The summed E-state index contributed by atoms with van der Waals surface area (Å²) in [6.07, 6.45) is -3.26. The number of nitrogens with zero attached hydrogens (tertiary/aromatic N) is 2. The van der Waals surface area contributed by atoms with Gasteiger partial charge in [-0.25, -0.2) is 4.57 Å². The highest BCUT2D eigenvalue weighted by Crippen LogP contribution is 2.32. The number of alkyl halides is 3. The number of fused-ring (bicyclic) bond motifs is 1. The van der Waals surface area contributed by atoms with Gasteiger partial charge in [0.05, 0.1) is 22.5 Å². The highest BCUT2D eigenvalue weighted by Gasteiger charge is 2.30. The summed E-state index contributed by atoms with van der Waals surface area (Å²) >= 11 is 6.04. The Morgan fingerprint density at radius 3 is 2.35 bits per heavy atom. The topological polar surface area (TPSA) is 54.6 Å². The fourth-order valence-electron chi connectivity index (χ4n) is 3.25. The summed E-state index contributed by atoms with van der Waals surface area (Å²) in [4.78, 5) is 17.2. The van der Waals surface area contributed by atoms with Gasteiger partial charge < -0.3 is 5.11 Å². The Kier molecular flexibility index (Phi) is 5.29. The van der Waals surface area contributed by atoms with Crippen LogP contribution in [0.15, 0.2) is 82.6 Å². The van der Waals surface area contributed by atoms with E-state index in [1.807, 2.05) is 0 Å². The first-order valence-electron chi connectivity index (χ1n) is 9.10. The van der Waals surface area contributed by atoms with Crippen molar-refractivity contribution >= 4 is 34.3 Å². The highest BCUT2D eigenvalue weighted by atomic mass is 35.5. The lowest BCUT2D eigenvalue weighted by molar-refractivity contribution is -0.137. The molecule has 156 valence electrons. The molecule has 0 aliphatic rings. The number of pyridine rings is 1. The largest absolute Gasteiger partial charge is 0.494 e. The molecule has 4 nitrogen and oxygen atoms in total. The third-order valence-corrected chi connectivity index (χ3v) is 4.92. The van der Waals surface area contributed by atoms with Gasteiger partial charge in [-0.05, 0) is 42.5 Å². The lowest BCUT2D eigenvalue weighted by Gasteiger charge is -2.14. The van der Waals surface area contributed by atoms with E-state index < -0.39 is 23.2 Å². The third-order valence-electron chi connectivity index (χ3n) is 4.69. The fraction of sp³-hybridized carbons (Fsp3) is 0.0435. The van der Waals surface area contributed by atoms with Crippen molar-refractivity contribution in [1.82, 2.24) is 4.57 Å². The third kappa shape index (κ3) is 4.04. The molecule has 3 aromatic carbocycles. The smallest absolute Gasteiger partial charge is 0.416 e. The van der Waals surface area contributed by atoms with E-state index in [2.05, 4.69) is 4.99 Å². The molecule has 1 heterocycles. The molecule has 0 bridgehead atoms. The molecule has 4 rings (SSSR count). The summed E-state index contributed by atoms with van der Waals surface area (Å²) in [7, 11) is 0. The van der Waals surface area contributed by atoms with Gasteiger partial charge in [-0.3, -0.25) is 9.79 Å². The number of halogens is 4. The average Bonchev–Trinajstić information content (AvgIpc) is 2.73. The standard InChI is InChI=1S/C23H14ClF3N2O2/c24-15-6-4-8-17(12-15)29-21(30)19-10-2-1-9-18(19)20(22(29)31)13-28-16-7-3-5-14(11-16)23(25,26)27/h1-13,31H. The van der Waals surface area contributed by atoms with Crippen LogP contribution < -0.4 is 5.56 Å². The first-order chi connectivity index (χ1) is 14.8. The van der Waals surface area contributed by atoms with Crippen molar-refractivity contribution in [2.75, 3.05) is 0 Å². The molecule has 0 spiro atoms. The van der Waals surface area contributed by atoms with E-state index in [0.29, 0.717) is 21.5 Å². The Hall–Kier alpha value is -3.58. The monoisotopic (exact) mass is 442 g/mol. The minimum absolute atomic E-state index is 0.0545. The molecule has 8 heteroatoms. The van der Waals surface area contributed by atoms with Crippen molar-refractivity contribution in [2.24, 2.45) is 4.99 Å². The van der Waals surface area contributed by atoms with E-state index in [0.717, 1.165) is 16.7 Å². The molecule has 0 saturated heterocycles. The molecule has 0 aliphatic carbocycles. The molecule has 1 N–H and O–H groups in total. The van der Waals surface area contributed by atoms with E-state index >= 15 is 0 Å². The molecule has 0 aliphatic heterocycles. The zero-order chi connectivity index (χ0) is 22.2. The normalized spacial score (nSPS) is 12.0. The van der Waals surface area contributed by atoms with Crippen LogP contribution >= 0.6 is 11.6 Å². The Bertz CT molecular complexity index is 1380. The maximum atomic E-state index is 13.0. The van der Waals surface area contributed by atoms with Gasteiger partial charge in [0.25, 0.3) is 5.56 Å². The number of aromatic nitrogens is 1. The van der Waals surface area contributed by atoms with E-state index in [9.17, 15) is 23.1 Å². The average molecular weight is 443 g/mol. The van der Waals surface area contributed by atoms with E-state index in [1.54, 1.807) is 42.5 Å². The SMILES string of the molecule is O=c1c2ccccc2c(C=Nc2cccc(C(F)(F)F)c2)c(O)n1-c1cccc(Cl)c1. The number of benzene rings is 3. The van der Waals surface area contributed by atoms with Crippen molar-refractivity contribution < 1.29 is 18.3 Å². The van der Waals surface area contributed by atoms with Crippen LogP contribution in [0.1, 0.15) is 11.1 Å². The van der Waals surface area contributed by atoms with Crippen LogP contribution in [0.2, 0.25) is 5.02 Å². The summed E-state index contributed by atoms with van der Waals surface area (Å²) < 4.78 is 40.0. The van der Waals surface area contributed by atoms with Gasteiger partial charge in [0.2, 0.25) is 5.88 Å². The molecule has 4 aromatic rings. The lowest BCUT2D eigenvalue weighted by Crippen LogP contribution is -2.20. The van der Waals surface area contributed by atoms with Crippen molar-refractivity contribution in [2.45, 2.75) is 6.18 Å². The maximum Gasteiger partial charge on any atom is 0.416 e. The molecule has 0 atom stereocenters. The second-order valence-corrected chi connectivity index (χ2v) is 7.15. The van der Waals surface area contributed by atoms with E-state index in [4.69, 9.17) is 11.6 Å². The summed E-state index contributed by atoms with van der Waals surface area (Å²) in [5, 5.41) is 12.0. The van der Waals surface area contributed by atoms with Crippen LogP contribution in [-0.4, -0.2) is 15.9 Å². The number of aliphatic imine (C=N–C) groups is 1. The van der Waals surface area contributed by atoms with Crippen LogP contribution in [0.4, 0.5) is 18.9 Å². The van der Waals surface area contributed by atoms with Crippen LogP contribution in [0.25, 0.3) is 16.5 Å². The van der Waals surface area contributed by atoms with Gasteiger partial charge in [0, 0.05) is 22.0 Å². The minimum atomic E-state index is -4.50. The summed E-state index contributed by atoms with van der Waals surface area (Å²) in [6, 6.07) is 17.5. The van der Waals surface area contributed by atoms with Crippen LogP contribution in [0.5, 0.6) is 5.88 Å². The zero-order valence-electron chi connectivity index (χ0n) is 15.8. The van der Waals surface area contributed by atoms with Gasteiger partial charge in [0.15, 0.2) is 0 Å². The van der Waals surface area contributed by atoms with Gasteiger partial charge in [-0.1, -0.05) is 41.9 Å². The number of rotatable bonds is 3. The van der Waals surface area contributed by atoms with E-state index in [1.165, 1.54) is 24.4 Å². The van der Waals surface area contributed by atoms with Crippen molar-refractivity contribution in [3.63, 3.8) is 0 Å². The fourth-order valence-corrected chi connectivity index (χ4v) is 3.43. The van der Waals surface area contributed by atoms with Crippen LogP contribution in [-0.2, 0) is 6.18 Å². The summed E-state index contributed by atoms with van der Waals surface area (Å²) in [5.74, 6) is -0.401. The first-order valence-corrected chi connectivity index (χ1v) is 9.47. The Labute approximate surface area is 179 Å². The van der Waals surface area contributed by atoms with Crippen LogP contribution in [0.3, 0.4) is 0 Å². The Morgan fingerprint density at radius 1 is 0.935 bits per heavy atom. The molecule has 0 saturated carbocycles. The van der Waals surface area contributed by atoms with Gasteiger partial charge in [-0.15, -0.1) is 0 Å². The molecular formula is C23H14ClF3N2O2. The summed E-state index contributed by atoms with van der Waals surface area (Å²) in [5.41, 5.74) is -0.715. The number of hydrogen-bond acceptors (Lipinski definition) is 3. The molecule has 0 unspecified atom stereocenters. The molecule has 0 radical (unpaired) electrons. The Balaban J connectivity index is 1.92. The predicted octanol–water partition coefficient (Wildman–Crippen LogP) is 6.12. The number of aromatic hydroxyl groups is 1. The van der Waals surface area contributed by atoms with E-state index in [-0.39, 0.29) is 11.3 Å². The molecule has 0 fully saturated rings. The van der Waals surface area contributed by atoms with Crippen LogP contribution in [0, 0.1) is 0 Å². The molecular weight excluding hydrogens is 429 g/mol. The van der Waals surface area contributed by atoms with Crippen molar-refractivity contribution in [3.8, 4) is 11.6 Å². The first kappa shape index (κ1) is 20.7. The predicted molar refractivity (Wildman–Crippen MR) is 115 cm³/mol. The second-order valence-electron chi connectivity index (χ2n) is 6.71. The van der Waals surface area contributed by atoms with Crippen molar-refractivity contribution in [3.05, 3.63) is 99.3 Å². The molecule has 0 amide bonds. The highest BCUT2D eigenvalue weighted by molar-refractivity contribution is 6.30. The van der Waals surface area contributed by atoms with Crippen molar-refractivity contribution in [1.29, 1.82) is 0 Å².